The molecule has 2 heterocycles. The number of amides is 3. The normalized spacial score (nSPS) is 18.1. The molecule has 0 radical (unpaired) electrons. The Hall–Kier alpha value is -4.81. The molecule has 0 aliphatic carbocycles. The number of anilines is 2. The van der Waals surface area contributed by atoms with Crippen molar-refractivity contribution in [1.82, 2.24) is 9.80 Å². The van der Waals surface area contributed by atoms with E-state index in [0.717, 1.165) is 5.56 Å². The Morgan fingerprint density at radius 2 is 1.82 bits per heavy atom. The topological polar surface area (TPSA) is 150 Å². The molecule has 0 bridgehead atoms. The van der Waals surface area contributed by atoms with E-state index < -0.39 is 24.1 Å². The second-order valence-corrected chi connectivity index (χ2v) is 11.2. The van der Waals surface area contributed by atoms with Crippen molar-refractivity contribution in [2.75, 3.05) is 44.2 Å². The number of carbonyl (C=O) groups is 3. The number of nitrogens with zero attached hydrogens (tertiary/aromatic N) is 2. The molecule has 44 heavy (non-hydrogen) atoms. The molecule has 0 spiro atoms. The summed E-state index contributed by atoms with van der Waals surface area (Å²) in [5.41, 5.74) is 2.24. The van der Waals surface area contributed by atoms with Crippen molar-refractivity contribution >= 4 is 29.3 Å². The zero-order valence-corrected chi connectivity index (χ0v) is 24.8. The number of para-hydroxylation sites is 1. The third kappa shape index (κ3) is 6.87. The summed E-state index contributed by atoms with van der Waals surface area (Å²) in [5.74, 6) is -0.0726. The van der Waals surface area contributed by atoms with Crippen LogP contribution in [0.3, 0.4) is 0 Å². The van der Waals surface area contributed by atoms with E-state index >= 15 is 0 Å². The molecule has 0 unspecified atom stereocenters. The number of hydrogen-bond acceptors (Lipinski definition) is 8. The second-order valence-electron chi connectivity index (χ2n) is 11.2. The molecule has 5 rings (SSSR count). The minimum atomic E-state index is -0.981. The van der Waals surface area contributed by atoms with Gasteiger partial charge in [0.1, 0.15) is 6.10 Å². The summed E-state index contributed by atoms with van der Waals surface area (Å²) >= 11 is 0. The highest BCUT2D eigenvalue weighted by Gasteiger charge is 2.34. The van der Waals surface area contributed by atoms with E-state index in [-0.39, 0.29) is 42.1 Å². The van der Waals surface area contributed by atoms with Crippen molar-refractivity contribution in [3.05, 3.63) is 77.4 Å². The van der Waals surface area contributed by atoms with Crippen LogP contribution in [0.1, 0.15) is 40.1 Å². The zero-order valence-electron chi connectivity index (χ0n) is 24.8. The molecule has 2 aliphatic rings. The first kappa shape index (κ1) is 30.6. The minimum absolute atomic E-state index is 0.115. The summed E-state index contributed by atoms with van der Waals surface area (Å²) in [5, 5.41) is 24.8. The monoisotopic (exact) mass is 604 g/mol. The molecule has 4 N–H and O–H groups in total. The van der Waals surface area contributed by atoms with Crippen molar-refractivity contribution in [1.29, 1.82) is 0 Å². The summed E-state index contributed by atoms with van der Waals surface area (Å²) in [4.78, 5) is 41.8. The maximum atomic E-state index is 13.7. The van der Waals surface area contributed by atoms with Crippen LogP contribution in [0.5, 0.6) is 17.2 Å². The number of rotatable bonds is 9. The highest BCUT2D eigenvalue weighted by molar-refractivity contribution is 6.04. The van der Waals surface area contributed by atoms with Crippen LogP contribution in [0.4, 0.5) is 16.2 Å². The van der Waals surface area contributed by atoms with E-state index in [2.05, 4.69) is 15.5 Å². The Balaban J connectivity index is 1.39. The van der Waals surface area contributed by atoms with Crippen LogP contribution in [0.15, 0.2) is 60.7 Å². The molecule has 12 heteroatoms. The van der Waals surface area contributed by atoms with Crippen LogP contribution in [0.2, 0.25) is 0 Å². The fourth-order valence-electron chi connectivity index (χ4n) is 5.25. The molecule has 232 valence electrons. The van der Waals surface area contributed by atoms with Gasteiger partial charge in [0, 0.05) is 37.3 Å². The highest BCUT2D eigenvalue weighted by atomic mass is 16.7. The average molecular weight is 605 g/mol. The molecule has 0 fully saturated rings. The third-order valence-corrected chi connectivity index (χ3v) is 7.71. The molecular weight excluding hydrogens is 568 g/mol. The molecule has 12 nitrogen and oxygen atoms in total. The Morgan fingerprint density at radius 3 is 2.55 bits per heavy atom. The van der Waals surface area contributed by atoms with E-state index in [4.69, 9.17) is 14.2 Å². The third-order valence-electron chi connectivity index (χ3n) is 7.71. The van der Waals surface area contributed by atoms with Gasteiger partial charge >= 0.3 is 12.0 Å². The van der Waals surface area contributed by atoms with E-state index in [1.165, 1.54) is 0 Å². The van der Waals surface area contributed by atoms with Crippen LogP contribution in [0, 0.1) is 5.92 Å². The predicted octanol–water partition coefficient (Wildman–Crippen LogP) is 4.11. The standard InChI is InChI=1S/C32H36N4O8/c1-19-14-36(20(2)17-37)30(38)24-5-4-6-25(34-32(41)33-23-11-12-26-27(13-23)43-18-42-26)29(24)44-28(19)16-35(3)15-21-7-9-22(10-8-21)31(39)40/h4-13,19-20,28,37H,14-18H2,1-3H3,(H,39,40)(H2,33,34,41)/t19-,20-,28-/m1/s1. The number of carboxylic acids is 1. The fraction of sp³-hybridized carbons (Fsp3) is 0.344. The number of urea groups is 1. The van der Waals surface area contributed by atoms with Gasteiger partial charge in [-0.25, -0.2) is 9.59 Å². The maximum Gasteiger partial charge on any atom is 0.335 e. The number of carboxylic acid groups (broad SMARTS) is 1. The molecule has 3 atom stereocenters. The lowest BCUT2D eigenvalue weighted by Gasteiger charge is -2.38. The van der Waals surface area contributed by atoms with E-state index in [0.29, 0.717) is 42.5 Å². The lowest BCUT2D eigenvalue weighted by Crippen LogP contribution is -2.49. The lowest BCUT2D eigenvalue weighted by molar-refractivity contribution is 0.0343. The Labute approximate surface area is 255 Å². The van der Waals surface area contributed by atoms with Gasteiger partial charge in [-0.3, -0.25) is 9.69 Å². The molecule has 3 aromatic rings. The predicted molar refractivity (Wildman–Crippen MR) is 163 cm³/mol. The van der Waals surface area contributed by atoms with E-state index in [9.17, 15) is 24.6 Å². The number of benzene rings is 3. The first-order valence-corrected chi connectivity index (χ1v) is 14.3. The molecular formula is C32H36N4O8. The first-order valence-electron chi connectivity index (χ1n) is 14.3. The number of likely N-dealkylation sites (N-methyl/N-ethyl adjacent to an activating group) is 1. The smallest absolute Gasteiger partial charge is 0.335 e. The number of ether oxygens (including phenoxy) is 3. The Kier molecular flexibility index (Phi) is 9.21. The molecule has 2 aliphatic heterocycles. The van der Waals surface area contributed by atoms with Gasteiger partial charge in [0.15, 0.2) is 17.2 Å². The van der Waals surface area contributed by atoms with Gasteiger partial charge in [-0.2, -0.15) is 0 Å². The van der Waals surface area contributed by atoms with Crippen molar-refractivity contribution in [2.45, 2.75) is 32.5 Å². The van der Waals surface area contributed by atoms with E-state index in [1.807, 2.05) is 14.0 Å². The van der Waals surface area contributed by atoms with E-state index in [1.54, 1.807) is 72.5 Å². The van der Waals surface area contributed by atoms with Gasteiger partial charge in [0.2, 0.25) is 6.79 Å². The number of fused-ring (bicyclic) bond motifs is 2. The Morgan fingerprint density at radius 1 is 1.07 bits per heavy atom. The number of aliphatic hydroxyl groups is 1. The Bertz CT molecular complexity index is 1530. The summed E-state index contributed by atoms with van der Waals surface area (Å²) in [6.45, 7) is 5.04. The van der Waals surface area contributed by atoms with Gasteiger partial charge in [-0.05, 0) is 55.9 Å². The van der Waals surface area contributed by atoms with Crippen molar-refractivity contribution in [3.8, 4) is 17.2 Å². The molecule has 0 saturated heterocycles. The number of aromatic carboxylic acids is 1. The fourth-order valence-corrected chi connectivity index (χ4v) is 5.25. The minimum Gasteiger partial charge on any atom is -0.486 e. The van der Waals surface area contributed by atoms with Crippen molar-refractivity contribution < 1.29 is 38.8 Å². The molecule has 3 aromatic carbocycles. The second kappa shape index (κ2) is 13.2. The summed E-state index contributed by atoms with van der Waals surface area (Å²) in [6, 6.07) is 15.8. The summed E-state index contributed by atoms with van der Waals surface area (Å²) < 4.78 is 17.3. The zero-order chi connectivity index (χ0) is 31.4. The average Bonchev–Trinajstić information content (AvgIpc) is 3.47. The number of aliphatic hydroxyl groups excluding tert-OH is 1. The maximum absolute atomic E-state index is 13.7. The summed E-state index contributed by atoms with van der Waals surface area (Å²) in [6.07, 6.45) is -0.404. The van der Waals surface area contributed by atoms with Gasteiger partial charge in [-0.1, -0.05) is 25.1 Å². The molecule has 0 saturated carbocycles. The van der Waals surface area contributed by atoms with Crippen LogP contribution in [0.25, 0.3) is 0 Å². The van der Waals surface area contributed by atoms with Crippen LogP contribution >= 0.6 is 0 Å². The molecule has 0 aromatic heterocycles. The van der Waals surface area contributed by atoms with Gasteiger partial charge in [0.05, 0.1) is 29.5 Å². The largest absolute Gasteiger partial charge is 0.486 e. The summed E-state index contributed by atoms with van der Waals surface area (Å²) in [7, 11) is 1.93. The number of nitrogens with one attached hydrogen (secondary N) is 2. The van der Waals surface area contributed by atoms with Crippen molar-refractivity contribution in [2.24, 2.45) is 5.92 Å². The number of carbonyl (C=O) groups excluding carboxylic acids is 2. The highest BCUT2D eigenvalue weighted by Crippen LogP contribution is 2.36. The van der Waals surface area contributed by atoms with Gasteiger partial charge in [-0.15, -0.1) is 0 Å². The van der Waals surface area contributed by atoms with Crippen LogP contribution < -0.4 is 24.8 Å². The van der Waals surface area contributed by atoms with Crippen LogP contribution in [-0.2, 0) is 6.54 Å². The van der Waals surface area contributed by atoms with Gasteiger partial charge < -0.3 is 40.0 Å². The number of hydrogen-bond donors (Lipinski definition) is 4. The SMILES string of the molecule is C[C@@H]1CN([C@H](C)CO)C(=O)c2cccc(NC(=O)Nc3ccc4c(c3)OCO4)c2O[C@@H]1CN(C)Cc1ccc(C(=O)O)cc1. The van der Waals surface area contributed by atoms with Crippen LogP contribution in [-0.4, -0.2) is 83.6 Å². The van der Waals surface area contributed by atoms with Crippen molar-refractivity contribution in [3.63, 3.8) is 0 Å². The molecule has 3 amide bonds. The lowest BCUT2D eigenvalue weighted by atomic mass is 9.98. The first-order chi connectivity index (χ1) is 21.1. The van der Waals surface area contributed by atoms with Gasteiger partial charge in [0.25, 0.3) is 5.91 Å². The quantitative estimate of drug-likeness (QED) is 0.283.